The summed E-state index contributed by atoms with van der Waals surface area (Å²) in [4.78, 5) is 11.3. The average Bonchev–Trinajstić information content (AvgIpc) is 2.37. The fraction of sp³-hybridized carbons (Fsp3) is 0.286. The first-order chi connectivity index (χ1) is 8.22. The minimum absolute atomic E-state index is 0.0241. The molecule has 1 aromatic carbocycles. The van der Waals surface area contributed by atoms with Gasteiger partial charge in [-0.1, -0.05) is 37.6 Å². The largest absolute Gasteiger partial charge is 0.465 e. The number of nitriles is 1. The first-order valence-corrected chi connectivity index (χ1v) is 5.51. The van der Waals surface area contributed by atoms with Crippen molar-refractivity contribution in [3.63, 3.8) is 0 Å². The summed E-state index contributed by atoms with van der Waals surface area (Å²) in [7, 11) is 1.27. The molecule has 0 bridgehead atoms. The van der Waals surface area contributed by atoms with E-state index in [1.54, 1.807) is 6.08 Å². The highest BCUT2D eigenvalue weighted by atomic mass is 16.5. The molecule has 0 aromatic heterocycles. The van der Waals surface area contributed by atoms with Crippen LogP contribution in [-0.4, -0.2) is 13.1 Å². The van der Waals surface area contributed by atoms with Gasteiger partial charge in [0.1, 0.15) is 11.6 Å². The Bertz CT molecular complexity index is 469. The second kappa shape index (κ2) is 6.49. The van der Waals surface area contributed by atoms with Crippen LogP contribution in [0.5, 0.6) is 0 Å². The first-order valence-electron chi connectivity index (χ1n) is 5.51. The van der Waals surface area contributed by atoms with Crippen LogP contribution >= 0.6 is 0 Å². The summed E-state index contributed by atoms with van der Waals surface area (Å²) in [6.07, 6.45) is 3.52. The topological polar surface area (TPSA) is 50.1 Å². The van der Waals surface area contributed by atoms with Crippen molar-refractivity contribution in [3.05, 3.63) is 41.0 Å². The van der Waals surface area contributed by atoms with E-state index in [1.165, 1.54) is 7.11 Å². The van der Waals surface area contributed by atoms with Crippen molar-refractivity contribution < 1.29 is 9.53 Å². The molecule has 3 nitrogen and oxygen atoms in total. The third-order valence-corrected chi connectivity index (χ3v) is 2.40. The van der Waals surface area contributed by atoms with Crippen molar-refractivity contribution in [2.24, 2.45) is 0 Å². The van der Waals surface area contributed by atoms with Crippen LogP contribution in [0.3, 0.4) is 0 Å². The van der Waals surface area contributed by atoms with Crippen molar-refractivity contribution in [1.29, 1.82) is 5.26 Å². The lowest BCUT2D eigenvalue weighted by molar-refractivity contribution is -0.135. The van der Waals surface area contributed by atoms with E-state index < -0.39 is 5.97 Å². The minimum Gasteiger partial charge on any atom is -0.465 e. The number of nitrogens with zero attached hydrogens (tertiary/aromatic N) is 1. The molecule has 0 saturated carbocycles. The molecule has 17 heavy (non-hydrogen) atoms. The normalized spacial score (nSPS) is 10.8. The van der Waals surface area contributed by atoms with Crippen molar-refractivity contribution >= 4 is 12.0 Å². The van der Waals surface area contributed by atoms with E-state index >= 15 is 0 Å². The van der Waals surface area contributed by atoms with Crippen molar-refractivity contribution in [1.82, 2.24) is 0 Å². The molecule has 3 heteroatoms. The van der Waals surface area contributed by atoms with E-state index in [2.05, 4.69) is 11.7 Å². The lowest BCUT2D eigenvalue weighted by atomic mass is 10.0. The molecule has 1 aromatic rings. The number of esters is 1. The van der Waals surface area contributed by atoms with Gasteiger partial charge in [0.05, 0.1) is 7.11 Å². The lowest BCUT2D eigenvalue weighted by Gasteiger charge is -2.04. The number of hydrogen-bond acceptors (Lipinski definition) is 3. The predicted octanol–water partition coefficient (Wildman–Crippen LogP) is 2.72. The Morgan fingerprint density at radius 1 is 1.47 bits per heavy atom. The Morgan fingerprint density at radius 3 is 2.76 bits per heavy atom. The monoisotopic (exact) mass is 229 g/mol. The molecule has 0 aliphatic rings. The fourth-order valence-corrected chi connectivity index (χ4v) is 1.57. The number of carbonyl (C=O) groups excluding carboxylic acids is 1. The molecule has 0 fully saturated rings. The molecule has 0 heterocycles. The highest BCUT2D eigenvalue weighted by Crippen LogP contribution is 2.15. The van der Waals surface area contributed by atoms with Crippen LogP contribution in [-0.2, 0) is 16.0 Å². The van der Waals surface area contributed by atoms with Gasteiger partial charge >= 0.3 is 5.97 Å². The summed E-state index contributed by atoms with van der Waals surface area (Å²) in [5, 5.41) is 8.89. The Labute approximate surface area is 101 Å². The number of benzene rings is 1. The van der Waals surface area contributed by atoms with Crippen LogP contribution < -0.4 is 0 Å². The summed E-state index contributed by atoms with van der Waals surface area (Å²) in [5.74, 6) is -0.598. The van der Waals surface area contributed by atoms with Gasteiger partial charge in [0.15, 0.2) is 0 Å². The van der Waals surface area contributed by atoms with Gasteiger partial charge in [0, 0.05) is 0 Å². The van der Waals surface area contributed by atoms with Crippen LogP contribution in [0.1, 0.15) is 24.5 Å². The Balaban J connectivity index is 3.12. The summed E-state index contributed by atoms with van der Waals surface area (Å²) in [5.41, 5.74) is 2.05. The Hall–Kier alpha value is -2.08. The number of methoxy groups -OCH3 is 1. The van der Waals surface area contributed by atoms with Gasteiger partial charge in [-0.15, -0.1) is 0 Å². The number of hydrogen-bond donors (Lipinski definition) is 0. The smallest absolute Gasteiger partial charge is 0.348 e. The fourth-order valence-electron chi connectivity index (χ4n) is 1.57. The third kappa shape index (κ3) is 3.46. The highest BCUT2D eigenvalue weighted by molar-refractivity contribution is 5.97. The SMILES string of the molecule is CCCc1ccccc1C=C(C#N)C(=O)OC. The van der Waals surface area contributed by atoms with E-state index in [0.717, 1.165) is 24.0 Å². The second-order valence-corrected chi connectivity index (χ2v) is 3.61. The van der Waals surface area contributed by atoms with E-state index in [9.17, 15) is 4.79 Å². The molecule has 0 radical (unpaired) electrons. The Morgan fingerprint density at radius 2 is 2.18 bits per heavy atom. The summed E-state index contributed by atoms with van der Waals surface area (Å²) in [6.45, 7) is 2.09. The molecular formula is C14H15NO2. The number of rotatable bonds is 4. The predicted molar refractivity (Wildman–Crippen MR) is 66.0 cm³/mol. The molecule has 0 saturated heterocycles. The molecule has 1 rings (SSSR count). The molecule has 0 amide bonds. The quantitative estimate of drug-likeness (QED) is 0.453. The zero-order valence-corrected chi connectivity index (χ0v) is 10.1. The van der Waals surface area contributed by atoms with Gasteiger partial charge in [-0.2, -0.15) is 5.26 Å². The second-order valence-electron chi connectivity index (χ2n) is 3.61. The highest BCUT2D eigenvalue weighted by Gasteiger charge is 2.09. The van der Waals surface area contributed by atoms with Crippen molar-refractivity contribution in [3.8, 4) is 6.07 Å². The van der Waals surface area contributed by atoms with Gasteiger partial charge in [-0.05, 0) is 23.6 Å². The molecule has 0 unspecified atom stereocenters. The maximum Gasteiger partial charge on any atom is 0.348 e. The number of carbonyl (C=O) groups is 1. The standard InChI is InChI=1S/C14H15NO2/c1-3-6-11-7-4-5-8-12(11)9-13(10-15)14(16)17-2/h4-5,7-9H,3,6H2,1-2H3. The molecule has 0 N–H and O–H groups in total. The summed E-state index contributed by atoms with van der Waals surface area (Å²) in [6, 6.07) is 9.59. The van der Waals surface area contributed by atoms with E-state index in [-0.39, 0.29) is 5.57 Å². The van der Waals surface area contributed by atoms with E-state index in [0.29, 0.717) is 0 Å². The van der Waals surface area contributed by atoms with Gasteiger partial charge in [0.2, 0.25) is 0 Å². The van der Waals surface area contributed by atoms with Crippen LogP contribution in [0.15, 0.2) is 29.8 Å². The van der Waals surface area contributed by atoms with Crippen LogP contribution in [0.4, 0.5) is 0 Å². The van der Waals surface area contributed by atoms with Crippen LogP contribution in [0, 0.1) is 11.3 Å². The molecule has 0 aliphatic heterocycles. The molecule has 0 spiro atoms. The zero-order valence-electron chi connectivity index (χ0n) is 10.1. The van der Waals surface area contributed by atoms with Crippen LogP contribution in [0.25, 0.3) is 6.08 Å². The van der Waals surface area contributed by atoms with Crippen LogP contribution in [0.2, 0.25) is 0 Å². The first kappa shape index (κ1) is 13.0. The molecule has 0 atom stereocenters. The van der Waals surface area contributed by atoms with E-state index in [1.807, 2.05) is 30.3 Å². The van der Waals surface area contributed by atoms with Gasteiger partial charge < -0.3 is 4.74 Å². The maximum absolute atomic E-state index is 11.3. The number of aryl methyl sites for hydroxylation is 1. The zero-order chi connectivity index (χ0) is 12.7. The van der Waals surface area contributed by atoms with E-state index in [4.69, 9.17) is 5.26 Å². The molecule has 0 aliphatic carbocycles. The third-order valence-electron chi connectivity index (χ3n) is 2.40. The van der Waals surface area contributed by atoms with Gasteiger partial charge in [-0.25, -0.2) is 4.79 Å². The lowest BCUT2D eigenvalue weighted by Crippen LogP contribution is -2.03. The Kier molecular flexibility index (Phi) is 4.96. The molecular weight excluding hydrogens is 214 g/mol. The van der Waals surface area contributed by atoms with Gasteiger partial charge in [-0.3, -0.25) is 0 Å². The summed E-state index contributed by atoms with van der Waals surface area (Å²) < 4.78 is 4.55. The van der Waals surface area contributed by atoms with Crippen molar-refractivity contribution in [2.75, 3.05) is 7.11 Å². The molecule has 88 valence electrons. The van der Waals surface area contributed by atoms with Gasteiger partial charge in [0.25, 0.3) is 0 Å². The minimum atomic E-state index is -0.598. The average molecular weight is 229 g/mol. The number of ether oxygens (including phenoxy) is 1. The maximum atomic E-state index is 11.3. The summed E-state index contributed by atoms with van der Waals surface area (Å²) >= 11 is 0. The van der Waals surface area contributed by atoms with Crippen molar-refractivity contribution in [2.45, 2.75) is 19.8 Å².